The maximum absolute atomic E-state index is 11.3. The van der Waals surface area contributed by atoms with Crippen molar-refractivity contribution in [2.24, 2.45) is 10.2 Å². The maximum atomic E-state index is 11.3. The topological polar surface area (TPSA) is 60.2 Å². The first-order valence-electron chi connectivity index (χ1n) is 6.11. The van der Waals surface area contributed by atoms with Gasteiger partial charge in [0.2, 0.25) is 5.50 Å². The zero-order valence-corrected chi connectivity index (χ0v) is 13.0. The highest BCUT2D eigenvalue weighted by Gasteiger charge is 2.15. The second-order valence-electron chi connectivity index (χ2n) is 4.08. The van der Waals surface area contributed by atoms with Crippen LogP contribution in [0.5, 0.6) is 5.75 Å². The Balaban J connectivity index is 2.74. The van der Waals surface area contributed by atoms with Crippen LogP contribution in [0.2, 0.25) is 5.02 Å². The Hall–Kier alpha value is -1.33. The molecule has 7 heteroatoms. The van der Waals surface area contributed by atoms with Gasteiger partial charge in [-0.2, -0.15) is 10.2 Å². The largest absolute Gasteiger partial charge is 0.489 e. The summed E-state index contributed by atoms with van der Waals surface area (Å²) in [7, 11) is 0. The van der Waals surface area contributed by atoms with E-state index >= 15 is 0 Å². The number of hydrogen-bond acceptors (Lipinski definition) is 5. The average Bonchev–Trinajstić information content (AvgIpc) is 2.38. The Morgan fingerprint density at radius 2 is 2.10 bits per heavy atom. The number of alkyl halides is 1. The minimum atomic E-state index is -1.17. The summed E-state index contributed by atoms with van der Waals surface area (Å²) in [6.45, 7) is 5.74. The molecule has 1 rings (SSSR count). The van der Waals surface area contributed by atoms with Crippen molar-refractivity contribution in [3.63, 3.8) is 0 Å². The molecule has 0 radical (unpaired) electrons. The molecule has 5 nitrogen and oxygen atoms in total. The van der Waals surface area contributed by atoms with Crippen molar-refractivity contribution >= 4 is 34.9 Å². The van der Waals surface area contributed by atoms with Crippen molar-refractivity contribution in [3.05, 3.63) is 23.2 Å². The monoisotopic (exact) mass is 318 g/mol. The van der Waals surface area contributed by atoms with Crippen LogP contribution < -0.4 is 4.74 Å². The molecule has 1 aromatic rings. The van der Waals surface area contributed by atoms with E-state index in [0.717, 1.165) is 0 Å². The van der Waals surface area contributed by atoms with Gasteiger partial charge in [0, 0.05) is 0 Å². The van der Waals surface area contributed by atoms with E-state index in [2.05, 4.69) is 10.2 Å². The number of hydrogen-bond donors (Lipinski definition) is 0. The number of rotatable bonds is 6. The Kier molecular flexibility index (Phi) is 6.75. The van der Waals surface area contributed by atoms with Crippen molar-refractivity contribution in [2.75, 3.05) is 6.61 Å². The molecule has 1 aromatic carbocycles. The van der Waals surface area contributed by atoms with E-state index in [1.165, 1.54) is 0 Å². The van der Waals surface area contributed by atoms with E-state index in [1.54, 1.807) is 25.1 Å². The second-order valence-corrected chi connectivity index (χ2v) is 4.91. The van der Waals surface area contributed by atoms with E-state index in [1.807, 2.05) is 13.8 Å². The van der Waals surface area contributed by atoms with Gasteiger partial charge in [0.15, 0.2) is 0 Å². The first-order chi connectivity index (χ1) is 9.43. The maximum Gasteiger partial charge on any atom is 0.348 e. The Morgan fingerprint density at radius 3 is 2.65 bits per heavy atom. The smallest absolute Gasteiger partial charge is 0.348 e. The van der Waals surface area contributed by atoms with E-state index < -0.39 is 11.5 Å². The fourth-order valence-corrected chi connectivity index (χ4v) is 1.60. The second kappa shape index (κ2) is 8.07. The van der Waals surface area contributed by atoms with E-state index in [0.29, 0.717) is 16.5 Å². The third kappa shape index (κ3) is 5.35. The third-order valence-corrected chi connectivity index (χ3v) is 2.59. The Labute approximate surface area is 127 Å². The average molecular weight is 319 g/mol. The summed E-state index contributed by atoms with van der Waals surface area (Å²) >= 11 is 11.8. The molecule has 1 unspecified atom stereocenters. The summed E-state index contributed by atoms with van der Waals surface area (Å²) in [6, 6.07) is 4.93. The van der Waals surface area contributed by atoms with Gasteiger partial charge in [-0.05, 0) is 39.0 Å². The number of ether oxygens (including phenoxy) is 2. The fourth-order valence-electron chi connectivity index (χ4n) is 1.28. The van der Waals surface area contributed by atoms with Crippen LogP contribution in [0, 0.1) is 0 Å². The molecule has 0 aliphatic heterocycles. The number of nitrogens with zero attached hydrogens (tertiary/aromatic N) is 2. The molecule has 0 N–H and O–H groups in total. The number of carbonyl (C=O) groups excluding carboxylic acids is 1. The van der Waals surface area contributed by atoms with Gasteiger partial charge in [0.25, 0.3) is 0 Å². The molecule has 0 aromatic heterocycles. The zero-order valence-electron chi connectivity index (χ0n) is 11.5. The SMILES string of the molecule is CCOC(=O)C(Cl)N=Nc1ccc(OC(C)C)c(Cl)c1. The lowest BCUT2D eigenvalue weighted by molar-refractivity contribution is -0.142. The molecular formula is C13H16Cl2N2O3. The predicted molar refractivity (Wildman–Crippen MR) is 78.0 cm³/mol. The van der Waals surface area contributed by atoms with Crippen LogP contribution >= 0.6 is 23.2 Å². The highest BCUT2D eigenvalue weighted by molar-refractivity contribution is 6.32. The Morgan fingerprint density at radius 1 is 1.40 bits per heavy atom. The number of halogens is 2. The van der Waals surface area contributed by atoms with Crippen LogP contribution in [-0.2, 0) is 9.53 Å². The minimum Gasteiger partial charge on any atom is -0.489 e. The lowest BCUT2D eigenvalue weighted by Gasteiger charge is -2.11. The van der Waals surface area contributed by atoms with E-state index in [9.17, 15) is 4.79 Å². The minimum absolute atomic E-state index is 0.0241. The van der Waals surface area contributed by atoms with E-state index in [4.69, 9.17) is 32.7 Å². The molecule has 0 amide bonds. The van der Waals surface area contributed by atoms with Crippen LogP contribution in [0.25, 0.3) is 0 Å². The molecule has 0 aliphatic rings. The Bertz CT molecular complexity index is 493. The van der Waals surface area contributed by atoms with Crippen LogP contribution in [-0.4, -0.2) is 24.2 Å². The summed E-state index contributed by atoms with van der Waals surface area (Å²) < 4.78 is 10.2. The highest BCUT2D eigenvalue weighted by atomic mass is 35.5. The highest BCUT2D eigenvalue weighted by Crippen LogP contribution is 2.30. The number of benzene rings is 1. The third-order valence-electron chi connectivity index (χ3n) is 2.03. The standard InChI is InChI=1S/C13H16Cl2N2O3/c1-4-19-13(18)12(15)17-16-9-5-6-11(10(14)7-9)20-8(2)3/h5-8,12H,4H2,1-3H3. The van der Waals surface area contributed by atoms with Gasteiger partial charge in [-0.1, -0.05) is 23.2 Å². The van der Waals surface area contributed by atoms with Gasteiger partial charge in [0.1, 0.15) is 5.75 Å². The quantitative estimate of drug-likeness (QED) is 0.339. The molecule has 0 saturated heterocycles. The molecule has 0 spiro atoms. The number of esters is 1. The molecule has 0 bridgehead atoms. The van der Waals surface area contributed by atoms with Gasteiger partial charge in [-0.3, -0.25) is 0 Å². The summed E-state index contributed by atoms with van der Waals surface area (Å²) in [5.41, 5.74) is -0.693. The van der Waals surface area contributed by atoms with Crippen LogP contribution in [0.3, 0.4) is 0 Å². The van der Waals surface area contributed by atoms with Gasteiger partial charge >= 0.3 is 5.97 Å². The van der Waals surface area contributed by atoms with Crippen molar-refractivity contribution < 1.29 is 14.3 Å². The lowest BCUT2D eigenvalue weighted by atomic mass is 10.3. The molecule has 0 saturated carbocycles. The fraction of sp³-hybridized carbons (Fsp3) is 0.462. The summed E-state index contributed by atoms with van der Waals surface area (Å²) in [6.07, 6.45) is 0.0241. The first-order valence-corrected chi connectivity index (χ1v) is 6.93. The van der Waals surface area contributed by atoms with Crippen molar-refractivity contribution in [1.29, 1.82) is 0 Å². The van der Waals surface area contributed by atoms with Gasteiger partial charge in [-0.25, -0.2) is 4.79 Å². The molecule has 20 heavy (non-hydrogen) atoms. The normalized spacial score (nSPS) is 12.7. The van der Waals surface area contributed by atoms with Crippen molar-refractivity contribution in [3.8, 4) is 5.75 Å². The van der Waals surface area contributed by atoms with Gasteiger partial charge in [-0.15, -0.1) is 0 Å². The summed E-state index contributed by atoms with van der Waals surface area (Å²) in [5.74, 6) is -0.0720. The first kappa shape index (κ1) is 16.7. The summed E-state index contributed by atoms with van der Waals surface area (Å²) in [5, 5.41) is 7.92. The van der Waals surface area contributed by atoms with Crippen LogP contribution in [0.15, 0.2) is 28.4 Å². The number of carbonyl (C=O) groups is 1. The predicted octanol–water partition coefficient (Wildman–Crippen LogP) is 4.34. The molecular weight excluding hydrogens is 303 g/mol. The molecule has 0 heterocycles. The number of azo groups is 1. The molecule has 0 fully saturated rings. The summed E-state index contributed by atoms with van der Waals surface area (Å²) in [4.78, 5) is 11.3. The van der Waals surface area contributed by atoms with Crippen LogP contribution in [0.1, 0.15) is 20.8 Å². The van der Waals surface area contributed by atoms with Crippen molar-refractivity contribution in [2.45, 2.75) is 32.4 Å². The lowest BCUT2D eigenvalue weighted by Crippen LogP contribution is -2.14. The zero-order chi connectivity index (χ0) is 15.1. The van der Waals surface area contributed by atoms with E-state index in [-0.39, 0.29) is 12.7 Å². The van der Waals surface area contributed by atoms with Gasteiger partial charge in [0.05, 0.1) is 23.4 Å². The van der Waals surface area contributed by atoms with Gasteiger partial charge < -0.3 is 9.47 Å². The van der Waals surface area contributed by atoms with Crippen LogP contribution in [0.4, 0.5) is 5.69 Å². The molecule has 110 valence electrons. The molecule has 0 aliphatic carbocycles. The molecule has 1 atom stereocenters. The van der Waals surface area contributed by atoms with Crippen molar-refractivity contribution in [1.82, 2.24) is 0 Å².